The van der Waals surface area contributed by atoms with Gasteiger partial charge in [0.25, 0.3) is 0 Å². The average Bonchev–Trinajstić information content (AvgIpc) is 1.50. The molecule has 0 aliphatic heterocycles. The molecule has 0 aromatic rings. The van der Waals surface area contributed by atoms with Crippen molar-refractivity contribution in [1.29, 1.82) is 0 Å². The summed E-state index contributed by atoms with van der Waals surface area (Å²) in [5.41, 5.74) is 0. The van der Waals surface area contributed by atoms with E-state index in [1.165, 1.54) is 0 Å². The van der Waals surface area contributed by atoms with Gasteiger partial charge in [0, 0.05) is 0 Å². The Bertz CT molecular complexity index is 3.61. The molecule has 0 rings (SSSR count). The van der Waals surface area contributed by atoms with E-state index in [0.29, 0.717) is 0 Å². The van der Waals surface area contributed by atoms with Crippen molar-refractivity contribution in [1.82, 2.24) is 0 Å². The van der Waals surface area contributed by atoms with E-state index >= 15 is 0 Å². The first-order valence-corrected chi connectivity index (χ1v) is 1.41. The molecule has 0 saturated carbocycles. The zero-order chi connectivity index (χ0) is 4.00. The van der Waals surface area contributed by atoms with Gasteiger partial charge < -0.3 is 13.8 Å². The van der Waals surface area contributed by atoms with Gasteiger partial charge in [-0.3, -0.25) is 0 Å². The number of hydrogen-bond acceptors (Lipinski definition) is 0. The predicted molar refractivity (Wildman–Crippen MR) is 22.1 cm³/mol. The van der Waals surface area contributed by atoms with Crippen LogP contribution in [0.5, 0.6) is 0 Å². The van der Waals surface area contributed by atoms with E-state index in [0.717, 1.165) is 0 Å². The zero-order valence-electron chi connectivity index (χ0n) is 4.12. The molecule has 0 saturated heterocycles. The molecule has 0 fully saturated rings. The second-order valence-electron chi connectivity index (χ2n) is 0. The molecule has 0 N–H and O–H groups in total. The van der Waals surface area contributed by atoms with Crippen molar-refractivity contribution in [3.8, 4) is 0 Å². The smallest absolute Gasteiger partial charge is 0 e. The van der Waals surface area contributed by atoms with Gasteiger partial charge in [0.05, 0.1) is 0 Å². The van der Waals surface area contributed by atoms with Crippen LogP contribution in [0.2, 0.25) is 0 Å². The Morgan fingerprint density at radius 3 is 0.800 bits per heavy atom. The van der Waals surface area contributed by atoms with E-state index in [-0.39, 0.29) is 0 Å². The van der Waals surface area contributed by atoms with Crippen molar-refractivity contribution in [2.45, 2.75) is 13.8 Å². The third kappa shape index (κ3) is 3.00. The summed E-state index contributed by atoms with van der Waals surface area (Å²) in [6, 6.07) is 0. The Labute approximate surface area is 28.8 Å². The standard InChI is InChI=1S/2C2H5.Rf/c2*1-2;/h2*1H2,2H3;/q2*-1;. The zero-order valence-corrected chi connectivity index (χ0v) is 10.5. The monoisotopic (exact) mass is 325 g/mol. The molecule has 5 heavy (non-hydrogen) atoms. The molecule has 1 heteroatoms. The molecule has 0 bridgehead atoms. The molecule has 0 aromatic carbocycles. The quantitative estimate of drug-likeness (QED) is 0.595. The fourth-order valence-electron chi connectivity index (χ4n) is 0. The third-order valence-electron chi connectivity index (χ3n) is 0. The molecule has 0 amide bonds. The molecular formula is C4H10Rf-2. The second kappa shape index (κ2) is 12.0. The SMILES string of the molecule is [CH2-]C.[CH2-]C.[Rf]. The van der Waals surface area contributed by atoms with E-state index in [2.05, 4.69) is 13.8 Å². The molecule has 0 radical (unpaired) electrons. The Balaban J connectivity index is -0.0000000133. The fraction of sp³-hybridized carbons (Fsp3) is 0.500. The van der Waals surface area contributed by atoms with Gasteiger partial charge in [0.1, 0.15) is 0 Å². The van der Waals surface area contributed by atoms with Gasteiger partial charge in [-0.2, -0.15) is 13.8 Å². The summed E-state index contributed by atoms with van der Waals surface area (Å²) < 4.78 is 0. The third-order valence-corrected chi connectivity index (χ3v) is 0. The number of rotatable bonds is 0. The van der Waals surface area contributed by atoms with Gasteiger partial charge in [-0.1, -0.05) is 0 Å². The number of hydrogen-bond donors (Lipinski definition) is 0. The molecular weight excluding hydrogens is 315 g/mol. The van der Waals surface area contributed by atoms with Gasteiger partial charge >= 0.3 is 0 Å². The molecule has 0 aromatic heterocycles. The van der Waals surface area contributed by atoms with Gasteiger partial charge in [0.2, 0.25) is 0 Å². The normalized spacial score (nSPS) is 2.40. The molecule has 0 aliphatic rings. The maximum Gasteiger partial charge on any atom is 0 e. The van der Waals surface area contributed by atoms with Gasteiger partial charge in [-0.15, -0.1) is 0 Å². The van der Waals surface area contributed by atoms with Crippen LogP contribution in [0.4, 0.5) is 0 Å². The molecule has 30 valence electrons. The summed E-state index contributed by atoms with van der Waals surface area (Å²) in [6.45, 7) is 10.0. The van der Waals surface area contributed by atoms with Gasteiger partial charge in [0.15, 0.2) is 0 Å². The van der Waals surface area contributed by atoms with Crippen molar-refractivity contribution < 1.29 is 0 Å². The van der Waals surface area contributed by atoms with Crippen LogP contribution in [0, 0.1) is 13.8 Å². The van der Waals surface area contributed by atoms with E-state index in [4.69, 9.17) is 0 Å². The van der Waals surface area contributed by atoms with Crippen molar-refractivity contribution in [3.63, 3.8) is 0 Å². The van der Waals surface area contributed by atoms with E-state index in [9.17, 15) is 0 Å². The Morgan fingerprint density at radius 1 is 0.800 bits per heavy atom. The van der Waals surface area contributed by atoms with Crippen molar-refractivity contribution in [3.05, 3.63) is 13.8 Å². The van der Waals surface area contributed by atoms with Crippen LogP contribution in [-0.2, 0) is 0 Å². The van der Waals surface area contributed by atoms with E-state index in [1.807, 2.05) is 0 Å². The maximum absolute atomic E-state index is 3.25. The molecule has 0 spiro atoms. The Hall–Kier alpha value is -1.00. The van der Waals surface area contributed by atoms with Crippen LogP contribution >= 0.6 is 0 Å². The molecule has 0 atom stereocenters. The minimum atomic E-state index is 0. The largest absolute Gasteiger partial charge is 0.346 e. The Kier molecular flexibility index (Phi) is 86.4. The van der Waals surface area contributed by atoms with Crippen LogP contribution in [0.15, 0.2) is 0 Å². The van der Waals surface area contributed by atoms with Crippen LogP contribution < -0.4 is 0 Å². The first-order chi connectivity index (χ1) is 2.00. The van der Waals surface area contributed by atoms with Crippen LogP contribution in [-0.4, -0.2) is 0 Å². The first kappa shape index (κ1) is 36.0. The van der Waals surface area contributed by atoms with Crippen LogP contribution in [0.1, 0.15) is 13.8 Å². The second-order valence-corrected chi connectivity index (χ2v) is 0. The minimum Gasteiger partial charge on any atom is -0.346 e. The summed E-state index contributed by atoms with van der Waals surface area (Å²) in [5.74, 6) is 0. The Morgan fingerprint density at radius 2 is 0.800 bits per heavy atom. The van der Waals surface area contributed by atoms with Crippen molar-refractivity contribution in [2.75, 3.05) is 0 Å². The van der Waals surface area contributed by atoms with E-state index < -0.39 is 0 Å². The van der Waals surface area contributed by atoms with Crippen LogP contribution in [0.3, 0.4) is 0 Å². The summed E-state index contributed by atoms with van der Waals surface area (Å²) in [4.78, 5) is 0. The minimum absolute atomic E-state index is 0. The van der Waals surface area contributed by atoms with Gasteiger partial charge in [-0.25, -0.2) is 0 Å². The average molecular weight is 325 g/mol. The van der Waals surface area contributed by atoms with Crippen molar-refractivity contribution in [2.24, 2.45) is 0 Å². The summed E-state index contributed by atoms with van der Waals surface area (Å²) in [5, 5.41) is 0. The topological polar surface area (TPSA) is 0 Å². The van der Waals surface area contributed by atoms with E-state index in [1.54, 1.807) is 13.8 Å². The van der Waals surface area contributed by atoms with Crippen LogP contribution in [0.25, 0.3) is 0 Å². The van der Waals surface area contributed by atoms with Crippen molar-refractivity contribution >= 4 is 0 Å². The maximum atomic E-state index is 3.25. The summed E-state index contributed by atoms with van der Waals surface area (Å²) >= 11 is 0. The predicted octanol–water partition coefficient (Wildman–Crippen LogP) is 1.68. The first-order valence-electron chi connectivity index (χ1n) is 1.41. The molecule has 0 nitrogen and oxygen atoms in total. The fourth-order valence-corrected chi connectivity index (χ4v) is 0. The molecule has 0 aliphatic carbocycles. The molecule has 0 unspecified atom stereocenters. The summed E-state index contributed by atoms with van der Waals surface area (Å²) in [6.07, 6.45) is 0. The summed E-state index contributed by atoms with van der Waals surface area (Å²) in [7, 11) is 0. The van der Waals surface area contributed by atoms with Gasteiger partial charge in [-0.05, 0) is 0 Å². The molecule has 0 heterocycles.